The van der Waals surface area contributed by atoms with E-state index in [0.29, 0.717) is 0 Å². The van der Waals surface area contributed by atoms with Gasteiger partial charge in [-0.1, -0.05) is 46.3 Å². The monoisotopic (exact) mass is 358 g/mol. The fraction of sp³-hybridized carbons (Fsp3) is 0.118. The van der Waals surface area contributed by atoms with Crippen molar-refractivity contribution in [1.29, 1.82) is 0 Å². The molecule has 2 nitrogen and oxygen atoms in total. The highest BCUT2D eigenvalue weighted by atomic mass is 79.9. The van der Waals surface area contributed by atoms with Crippen molar-refractivity contribution >= 4 is 33.0 Å². The summed E-state index contributed by atoms with van der Waals surface area (Å²) in [4.78, 5) is 4.36. The van der Waals surface area contributed by atoms with Gasteiger partial charge in [-0.15, -0.1) is 11.3 Å². The van der Waals surface area contributed by atoms with E-state index in [1.54, 1.807) is 11.3 Å². The molecule has 2 aromatic carbocycles. The van der Waals surface area contributed by atoms with Gasteiger partial charge in [-0.25, -0.2) is 4.98 Å². The summed E-state index contributed by atoms with van der Waals surface area (Å²) in [6.07, 6.45) is 1.84. The molecule has 1 heterocycles. The van der Waals surface area contributed by atoms with E-state index in [2.05, 4.69) is 75.6 Å². The predicted octanol–water partition coefficient (Wildman–Crippen LogP) is 5.75. The highest BCUT2D eigenvalue weighted by Gasteiger charge is 2.09. The van der Waals surface area contributed by atoms with E-state index in [4.69, 9.17) is 0 Å². The molecule has 21 heavy (non-hydrogen) atoms. The number of thiazole rings is 1. The normalized spacial score (nSPS) is 12.1. The number of hydrogen-bond donors (Lipinski definition) is 1. The van der Waals surface area contributed by atoms with Crippen LogP contribution in [-0.4, -0.2) is 4.98 Å². The number of nitrogens with one attached hydrogen (secondary N) is 1. The number of hydrogen-bond acceptors (Lipinski definition) is 3. The molecule has 1 N–H and O–H groups in total. The Bertz CT molecular complexity index is 725. The van der Waals surface area contributed by atoms with Crippen LogP contribution < -0.4 is 5.32 Å². The first-order valence-corrected chi connectivity index (χ1v) is 8.42. The van der Waals surface area contributed by atoms with Crippen LogP contribution in [0, 0.1) is 0 Å². The van der Waals surface area contributed by atoms with E-state index in [0.717, 1.165) is 20.7 Å². The first-order valence-electron chi connectivity index (χ1n) is 6.75. The summed E-state index contributed by atoms with van der Waals surface area (Å²) in [6.45, 7) is 2.16. The largest absolute Gasteiger partial charge is 0.378 e. The van der Waals surface area contributed by atoms with Gasteiger partial charge in [-0.2, -0.15) is 0 Å². The Kier molecular flexibility index (Phi) is 4.36. The molecule has 0 amide bonds. The van der Waals surface area contributed by atoms with Crippen LogP contribution in [0.5, 0.6) is 0 Å². The molecule has 1 unspecified atom stereocenters. The van der Waals surface area contributed by atoms with Crippen LogP contribution in [0.3, 0.4) is 0 Å². The van der Waals surface area contributed by atoms with E-state index in [1.165, 1.54) is 5.56 Å². The third-order valence-corrected chi connectivity index (χ3v) is 4.84. The van der Waals surface area contributed by atoms with Crippen LogP contribution in [0.2, 0.25) is 0 Å². The number of anilines is 1. The number of aromatic nitrogens is 1. The molecule has 3 aromatic rings. The Hall–Kier alpha value is -1.65. The molecule has 0 saturated carbocycles. The lowest BCUT2D eigenvalue weighted by Crippen LogP contribution is -2.07. The van der Waals surface area contributed by atoms with Crippen molar-refractivity contribution in [3.63, 3.8) is 0 Å². The Morgan fingerprint density at radius 1 is 1.14 bits per heavy atom. The van der Waals surface area contributed by atoms with Gasteiger partial charge in [0.05, 0.1) is 0 Å². The summed E-state index contributed by atoms with van der Waals surface area (Å²) >= 11 is 5.26. The number of nitrogens with zero attached hydrogens (tertiary/aromatic N) is 1. The molecule has 0 saturated heterocycles. The van der Waals surface area contributed by atoms with Gasteiger partial charge in [0.1, 0.15) is 5.01 Å². The average Bonchev–Trinajstić information content (AvgIpc) is 3.02. The lowest BCUT2D eigenvalue weighted by atomic mass is 10.1. The fourth-order valence-corrected chi connectivity index (χ4v) is 3.53. The minimum Gasteiger partial charge on any atom is -0.378 e. The molecule has 0 aliphatic carbocycles. The van der Waals surface area contributed by atoms with Crippen molar-refractivity contribution in [1.82, 2.24) is 4.98 Å². The van der Waals surface area contributed by atoms with Crippen molar-refractivity contribution in [2.75, 3.05) is 5.32 Å². The number of halogens is 1. The van der Waals surface area contributed by atoms with Crippen LogP contribution in [0.15, 0.2) is 64.6 Å². The topological polar surface area (TPSA) is 24.9 Å². The molecular weight excluding hydrogens is 344 g/mol. The molecule has 0 fully saturated rings. The smallest absolute Gasteiger partial charge is 0.123 e. The van der Waals surface area contributed by atoms with Crippen LogP contribution in [0.1, 0.15) is 18.5 Å². The van der Waals surface area contributed by atoms with Crippen molar-refractivity contribution < 1.29 is 0 Å². The lowest BCUT2D eigenvalue weighted by Gasteiger charge is -2.17. The molecule has 4 heteroatoms. The molecule has 1 atom stereocenters. The second kappa shape index (κ2) is 6.41. The SMILES string of the molecule is CC(Nc1cccc(-c2nccs2)c1)c1ccccc1Br. The molecule has 0 spiro atoms. The van der Waals surface area contributed by atoms with Crippen LogP contribution in [0.4, 0.5) is 5.69 Å². The Morgan fingerprint density at radius 2 is 2.00 bits per heavy atom. The predicted molar refractivity (Wildman–Crippen MR) is 93.7 cm³/mol. The third-order valence-electron chi connectivity index (χ3n) is 3.30. The lowest BCUT2D eigenvalue weighted by molar-refractivity contribution is 0.879. The zero-order chi connectivity index (χ0) is 14.7. The summed E-state index contributed by atoms with van der Waals surface area (Å²) in [5, 5.41) is 6.60. The zero-order valence-electron chi connectivity index (χ0n) is 11.6. The van der Waals surface area contributed by atoms with Gasteiger partial charge in [0, 0.05) is 33.3 Å². The van der Waals surface area contributed by atoms with Gasteiger partial charge in [-0.05, 0) is 30.7 Å². The first kappa shape index (κ1) is 14.3. The van der Waals surface area contributed by atoms with Gasteiger partial charge in [0.25, 0.3) is 0 Å². The molecule has 0 aliphatic heterocycles. The minimum absolute atomic E-state index is 0.229. The summed E-state index contributed by atoms with van der Waals surface area (Å²) in [5.41, 5.74) is 3.50. The van der Waals surface area contributed by atoms with Crippen molar-refractivity contribution in [3.8, 4) is 10.6 Å². The second-order valence-electron chi connectivity index (χ2n) is 4.81. The van der Waals surface area contributed by atoms with E-state index >= 15 is 0 Å². The van der Waals surface area contributed by atoms with Gasteiger partial charge < -0.3 is 5.32 Å². The Balaban J connectivity index is 1.82. The number of rotatable bonds is 4. The van der Waals surface area contributed by atoms with E-state index in [-0.39, 0.29) is 6.04 Å². The van der Waals surface area contributed by atoms with E-state index in [9.17, 15) is 0 Å². The van der Waals surface area contributed by atoms with Crippen molar-refractivity contribution in [3.05, 3.63) is 70.1 Å². The van der Waals surface area contributed by atoms with Crippen molar-refractivity contribution in [2.24, 2.45) is 0 Å². The Morgan fingerprint density at radius 3 is 2.76 bits per heavy atom. The maximum Gasteiger partial charge on any atom is 0.123 e. The van der Waals surface area contributed by atoms with Crippen molar-refractivity contribution in [2.45, 2.75) is 13.0 Å². The highest BCUT2D eigenvalue weighted by molar-refractivity contribution is 9.10. The quantitative estimate of drug-likeness (QED) is 0.642. The standard InChI is InChI=1S/C17H15BrN2S/c1-12(15-7-2-3-8-16(15)18)20-14-6-4-5-13(11-14)17-19-9-10-21-17/h2-12,20H,1H3. The molecular formula is C17H15BrN2S. The van der Waals surface area contributed by atoms with Gasteiger partial charge in [-0.3, -0.25) is 0 Å². The van der Waals surface area contributed by atoms with Gasteiger partial charge in [0.15, 0.2) is 0 Å². The fourth-order valence-electron chi connectivity index (χ4n) is 2.26. The maximum atomic E-state index is 4.36. The number of benzene rings is 2. The van der Waals surface area contributed by atoms with E-state index < -0.39 is 0 Å². The molecule has 0 bridgehead atoms. The minimum atomic E-state index is 0.229. The molecule has 3 rings (SSSR count). The summed E-state index contributed by atoms with van der Waals surface area (Å²) in [7, 11) is 0. The zero-order valence-corrected chi connectivity index (χ0v) is 14.0. The summed E-state index contributed by atoms with van der Waals surface area (Å²) in [5.74, 6) is 0. The molecule has 0 aliphatic rings. The van der Waals surface area contributed by atoms with Gasteiger partial charge >= 0.3 is 0 Å². The maximum absolute atomic E-state index is 4.36. The summed E-state index contributed by atoms with van der Waals surface area (Å²) < 4.78 is 1.13. The first-order chi connectivity index (χ1) is 10.2. The molecule has 106 valence electrons. The molecule has 1 aromatic heterocycles. The highest BCUT2D eigenvalue weighted by Crippen LogP contribution is 2.28. The van der Waals surface area contributed by atoms with Gasteiger partial charge in [0.2, 0.25) is 0 Å². The van der Waals surface area contributed by atoms with Crippen LogP contribution in [-0.2, 0) is 0 Å². The van der Waals surface area contributed by atoms with E-state index in [1.807, 2.05) is 17.6 Å². The van der Waals surface area contributed by atoms with Crippen LogP contribution >= 0.6 is 27.3 Å². The molecule has 0 radical (unpaired) electrons. The third kappa shape index (κ3) is 3.34. The average molecular weight is 359 g/mol. The second-order valence-corrected chi connectivity index (χ2v) is 6.55. The Labute approximate surface area is 137 Å². The summed E-state index contributed by atoms with van der Waals surface area (Å²) in [6, 6.07) is 16.9. The van der Waals surface area contributed by atoms with Crippen LogP contribution in [0.25, 0.3) is 10.6 Å².